The van der Waals surface area contributed by atoms with Gasteiger partial charge in [0.2, 0.25) is 0 Å². The van der Waals surface area contributed by atoms with Crippen molar-refractivity contribution in [2.45, 2.75) is 76.9 Å². The topological polar surface area (TPSA) is 91.7 Å². The summed E-state index contributed by atoms with van der Waals surface area (Å²) in [5.74, 6) is 1.47. The molecule has 2 N–H and O–H groups in total. The number of nitrogens with two attached hydrogens (primary N) is 1. The fourth-order valence-corrected chi connectivity index (χ4v) is 7.83. The van der Waals surface area contributed by atoms with Crippen LogP contribution in [-0.2, 0) is 21.5 Å². The number of carbonyl (C=O) groups excluding carboxylic acids is 1. The second kappa shape index (κ2) is 8.13. The van der Waals surface area contributed by atoms with E-state index >= 15 is 0 Å². The smallest absolute Gasteiger partial charge is 0.262 e. The molecule has 5 rings (SSSR count). The average molecular weight is 449 g/mol. The molecule has 1 aromatic rings. The number of rotatable bonds is 3. The zero-order chi connectivity index (χ0) is 23.4. The Bertz CT molecular complexity index is 1010. The van der Waals surface area contributed by atoms with Crippen LogP contribution in [0.1, 0.15) is 75.5 Å². The molecule has 2 unspecified atom stereocenters. The van der Waals surface area contributed by atoms with Crippen LogP contribution in [-0.4, -0.2) is 36.5 Å². The summed E-state index contributed by atoms with van der Waals surface area (Å²) in [6, 6.07) is 8.07. The Labute approximate surface area is 197 Å². The summed E-state index contributed by atoms with van der Waals surface area (Å²) in [6.07, 6.45) is 8.68. The van der Waals surface area contributed by atoms with Crippen molar-refractivity contribution < 1.29 is 9.53 Å². The Morgan fingerprint density at radius 3 is 2.55 bits per heavy atom. The van der Waals surface area contributed by atoms with Gasteiger partial charge in [-0.1, -0.05) is 39.2 Å². The number of hydrogen-bond donors (Lipinski definition) is 1. The minimum absolute atomic E-state index is 0.0229. The van der Waals surface area contributed by atoms with E-state index in [1.165, 1.54) is 19.3 Å². The van der Waals surface area contributed by atoms with Crippen molar-refractivity contribution in [2.75, 3.05) is 13.7 Å². The first kappa shape index (κ1) is 22.4. The lowest BCUT2D eigenvalue weighted by Gasteiger charge is -2.50. The Morgan fingerprint density at radius 2 is 1.91 bits per heavy atom. The quantitative estimate of drug-likeness (QED) is 0.753. The van der Waals surface area contributed by atoms with Gasteiger partial charge in [-0.15, -0.1) is 0 Å². The maximum absolute atomic E-state index is 14.4. The van der Waals surface area contributed by atoms with Crippen LogP contribution >= 0.6 is 0 Å². The van der Waals surface area contributed by atoms with Crippen LogP contribution in [0.3, 0.4) is 0 Å². The molecule has 176 valence electrons. The van der Waals surface area contributed by atoms with E-state index in [0.717, 1.165) is 43.2 Å². The van der Waals surface area contributed by atoms with Crippen molar-refractivity contribution in [1.82, 2.24) is 4.90 Å². The van der Waals surface area contributed by atoms with Gasteiger partial charge in [0.15, 0.2) is 11.5 Å². The summed E-state index contributed by atoms with van der Waals surface area (Å²) in [5, 5.41) is 9.62. The molecule has 2 saturated carbocycles. The molecule has 6 heteroatoms. The van der Waals surface area contributed by atoms with Crippen LogP contribution in [0, 0.1) is 34.5 Å². The minimum atomic E-state index is -1.03. The Morgan fingerprint density at radius 1 is 1.21 bits per heavy atom. The average Bonchev–Trinajstić information content (AvgIpc) is 3.20. The van der Waals surface area contributed by atoms with Crippen molar-refractivity contribution in [3.05, 3.63) is 34.9 Å². The standard InChI is InChI=1S/C27H36N4O2/c1-17-12-26(13-18(2)23(17)33-3)14-21-10-9-20(15-28)11-22(21)27(26)24(32)31(25(29)30-27)16-19-7-5-4-6-8-19/h9-11,17-19,23H,4-8,12-14,16H2,1-3H3,(H2,29,30)/t17-,18+,23?,26?,27-/m1/s1. The summed E-state index contributed by atoms with van der Waals surface area (Å²) in [7, 11) is 1.79. The summed E-state index contributed by atoms with van der Waals surface area (Å²) in [5.41, 5.74) is 7.77. The van der Waals surface area contributed by atoms with Crippen molar-refractivity contribution in [3.63, 3.8) is 0 Å². The number of nitriles is 1. The van der Waals surface area contributed by atoms with Gasteiger partial charge in [-0.3, -0.25) is 9.69 Å². The molecule has 1 aromatic carbocycles. The Balaban J connectivity index is 1.61. The van der Waals surface area contributed by atoms with Crippen LogP contribution < -0.4 is 5.73 Å². The zero-order valence-corrected chi connectivity index (χ0v) is 20.1. The molecule has 2 spiro atoms. The van der Waals surface area contributed by atoms with Crippen LogP contribution in [0.2, 0.25) is 0 Å². The molecular formula is C27H36N4O2. The van der Waals surface area contributed by atoms with E-state index in [4.69, 9.17) is 15.5 Å². The number of ether oxygens (including phenoxy) is 1. The third-order valence-electron chi connectivity index (χ3n) is 9.02. The highest BCUT2D eigenvalue weighted by molar-refractivity contribution is 6.08. The van der Waals surface area contributed by atoms with Crippen molar-refractivity contribution in [2.24, 2.45) is 33.9 Å². The maximum atomic E-state index is 14.4. The van der Waals surface area contributed by atoms with Crippen molar-refractivity contribution in [1.29, 1.82) is 5.26 Å². The number of amides is 1. The number of methoxy groups -OCH3 is 1. The fraction of sp³-hybridized carbons (Fsp3) is 0.667. The molecule has 0 bridgehead atoms. The first-order valence-corrected chi connectivity index (χ1v) is 12.6. The van der Waals surface area contributed by atoms with Crippen LogP contribution in [0.4, 0.5) is 0 Å². The summed E-state index contributed by atoms with van der Waals surface area (Å²) in [6.45, 7) is 5.12. The Kier molecular flexibility index (Phi) is 5.52. The predicted octanol–water partition coefficient (Wildman–Crippen LogP) is 4.11. The zero-order valence-electron chi connectivity index (χ0n) is 20.1. The molecule has 33 heavy (non-hydrogen) atoms. The van der Waals surface area contributed by atoms with Crippen LogP contribution in [0.25, 0.3) is 0 Å². The van der Waals surface area contributed by atoms with E-state index in [1.807, 2.05) is 18.2 Å². The van der Waals surface area contributed by atoms with Gasteiger partial charge in [-0.2, -0.15) is 5.26 Å². The van der Waals surface area contributed by atoms with Crippen LogP contribution in [0.15, 0.2) is 23.2 Å². The number of nitrogens with zero attached hydrogens (tertiary/aromatic N) is 3. The van der Waals surface area contributed by atoms with E-state index in [0.29, 0.717) is 35.8 Å². The second-order valence-electron chi connectivity index (χ2n) is 11.1. The lowest BCUT2D eigenvalue weighted by Crippen LogP contribution is -2.55. The monoisotopic (exact) mass is 448 g/mol. The van der Waals surface area contributed by atoms with Crippen LogP contribution in [0.5, 0.6) is 0 Å². The number of hydrogen-bond acceptors (Lipinski definition) is 5. The number of guanidine groups is 1. The number of benzene rings is 1. The highest BCUT2D eigenvalue weighted by atomic mass is 16.5. The molecule has 0 radical (unpaired) electrons. The second-order valence-corrected chi connectivity index (χ2v) is 11.1. The molecule has 2 fully saturated rings. The van der Waals surface area contributed by atoms with Crippen molar-refractivity contribution in [3.8, 4) is 6.07 Å². The molecule has 1 heterocycles. The van der Waals surface area contributed by atoms with Gasteiger partial charge in [0.1, 0.15) is 0 Å². The third-order valence-corrected chi connectivity index (χ3v) is 9.02. The normalized spacial score (nSPS) is 36.3. The molecule has 0 aromatic heterocycles. The Hall–Kier alpha value is -2.39. The van der Waals surface area contributed by atoms with E-state index in [2.05, 4.69) is 19.9 Å². The molecule has 1 aliphatic heterocycles. The number of carbonyl (C=O) groups is 1. The lowest BCUT2D eigenvalue weighted by atomic mass is 9.56. The van der Waals surface area contributed by atoms with Gasteiger partial charge in [0.05, 0.1) is 17.7 Å². The number of aliphatic imine (C=N–C) groups is 1. The first-order valence-electron chi connectivity index (χ1n) is 12.6. The highest BCUT2D eigenvalue weighted by Gasteiger charge is 2.68. The van der Waals surface area contributed by atoms with Gasteiger partial charge >= 0.3 is 0 Å². The molecule has 3 aliphatic carbocycles. The lowest BCUT2D eigenvalue weighted by molar-refractivity contribution is -0.142. The fourth-order valence-electron chi connectivity index (χ4n) is 7.83. The molecule has 0 saturated heterocycles. The molecule has 1 amide bonds. The van der Waals surface area contributed by atoms with Gasteiger partial charge in [0.25, 0.3) is 5.91 Å². The third kappa shape index (κ3) is 3.23. The van der Waals surface area contributed by atoms with Crippen molar-refractivity contribution >= 4 is 11.9 Å². The number of fused-ring (bicyclic) bond motifs is 3. The summed E-state index contributed by atoms with van der Waals surface area (Å²) >= 11 is 0. The van der Waals surface area contributed by atoms with E-state index in [-0.39, 0.29) is 17.4 Å². The van der Waals surface area contributed by atoms with E-state index in [9.17, 15) is 10.1 Å². The molecular weight excluding hydrogens is 412 g/mol. The summed E-state index contributed by atoms with van der Waals surface area (Å²) in [4.78, 5) is 21.3. The highest BCUT2D eigenvalue weighted by Crippen LogP contribution is 2.63. The largest absolute Gasteiger partial charge is 0.381 e. The van der Waals surface area contributed by atoms with Gasteiger partial charge in [-0.05, 0) is 73.1 Å². The van der Waals surface area contributed by atoms with Gasteiger partial charge in [-0.25, -0.2) is 4.99 Å². The molecule has 5 atom stereocenters. The minimum Gasteiger partial charge on any atom is -0.381 e. The van der Waals surface area contributed by atoms with E-state index in [1.54, 1.807) is 12.0 Å². The maximum Gasteiger partial charge on any atom is 0.262 e. The summed E-state index contributed by atoms with van der Waals surface area (Å²) < 4.78 is 5.85. The molecule has 6 nitrogen and oxygen atoms in total. The SMILES string of the molecule is COC1[C@H](C)CC2(Cc3ccc(C#N)cc3[C@]23N=C(N)N(CC2CCCCC2)C3=O)C[C@@H]1C. The first-order chi connectivity index (χ1) is 15.8. The molecule has 4 aliphatic rings. The predicted molar refractivity (Wildman–Crippen MR) is 127 cm³/mol. The van der Waals surface area contributed by atoms with Gasteiger partial charge in [0, 0.05) is 19.1 Å². The van der Waals surface area contributed by atoms with Gasteiger partial charge < -0.3 is 10.5 Å². The van der Waals surface area contributed by atoms with E-state index < -0.39 is 5.54 Å².